The Morgan fingerprint density at radius 2 is 1.92 bits per heavy atom. The van der Waals surface area contributed by atoms with E-state index in [4.69, 9.17) is 16.3 Å². The van der Waals surface area contributed by atoms with E-state index in [1.807, 2.05) is 0 Å². The van der Waals surface area contributed by atoms with Crippen molar-refractivity contribution in [3.8, 4) is 5.88 Å². The summed E-state index contributed by atoms with van der Waals surface area (Å²) in [7, 11) is 1.52. The summed E-state index contributed by atoms with van der Waals surface area (Å²) in [5.41, 5.74) is 0.821. The number of rotatable bonds is 1. The third-order valence-corrected chi connectivity index (χ3v) is 1.95. The predicted octanol–water partition coefficient (Wildman–Crippen LogP) is 2.44. The van der Waals surface area contributed by atoms with E-state index in [0.717, 1.165) is 5.69 Å². The second-order valence-electron chi connectivity index (χ2n) is 3.84. The van der Waals surface area contributed by atoms with Crippen molar-refractivity contribution < 1.29 is 4.74 Å². The molecule has 0 spiro atoms. The lowest BCUT2D eigenvalue weighted by molar-refractivity contribution is 0.389. The van der Waals surface area contributed by atoms with Crippen molar-refractivity contribution in [2.24, 2.45) is 0 Å². The molecule has 0 aliphatic rings. The fourth-order valence-corrected chi connectivity index (χ4v) is 1.08. The molecule has 0 N–H and O–H groups in total. The Morgan fingerprint density at radius 1 is 1.31 bits per heavy atom. The maximum atomic E-state index is 5.91. The molecule has 0 atom stereocenters. The minimum atomic E-state index is -0.0388. The number of hydrogen-bond donors (Lipinski definition) is 0. The van der Waals surface area contributed by atoms with Gasteiger partial charge >= 0.3 is 0 Å². The van der Waals surface area contributed by atoms with Crippen LogP contribution in [0, 0.1) is 0 Å². The van der Waals surface area contributed by atoms with Crippen LogP contribution < -0.4 is 4.74 Å². The Hall–Kier alpha value is -0.830. The highest BCUT2D eigenvalue weighted by Crippen LogP contribution is 2.26. The molecule has 0 unspecified atom stereocenters. The lowest BCUT2D eigenvalue weighted by Crippen LogP contribution is -2.14. The van der Waals surface area contributed by atoms with Gasteiger partial charge in [-0.15, -0.1) is 5.10 Å². The number of hydrogen-bond acceptors (Lipinski definition) is 3. The van der Waals surface area contributed by atoms with Gasteiger partial charge in [0.25, 0.3) is 5.88 Å². The average molecular weight is 201 g/mol. The molecule has 1 rings (SSSR count). The van der Waals surface area contributed by atoms with Crippen LogP contribution in [0.2, 0.25) is 5.02 Å². The van der Waals surface area contributed by atoms with E-state index < -0.39 is 0 Å². The van der Waals surface area contributed by atoms with E-state index in [0.29, 0.717) is 10.9 Å². The van der Waals surface area contributed by atoms with Crippen LogP contribution in [0.5, 0.6) is 5.88 Å². The number of aromatic nitrogens is 2. The molecule has 0 aliphatic carbocycles. The lowest BCUT2D eigenvalue weighted by Gasteiger charge is -2.16. The van der Waals surface area contributed by atoms with Gasteiger partial charge in [-0.25, -0.2) is 0 Å². The molecule has 0 radical (unpaired) electrons. The van der Waals surface area contributed by atoms with Gasteiger partial charge in [-0.05, 0) is 6.07 Å². The molecule has 0 saturated heterocycles. The Balaban J connectivity index is 3.10. The van der Waals surface area contributed by atoms with E-state index in [1.54, 1.807) is 6.07 Å². The Labute approximate surface area is 83.1 Å². The van der Waals surface area contributed by atoms with Crippen LogP contribution >= 0.6 is 11.6 Å². The first-order chi connectivity index (χ1) is 5.95. The maximum absolute atomic E-state index is 5.91. The molecule has 1 aromatic rings. The largest absolute Gasteiger partial charge is 0.479 e. The van der Waals surface area contributed by atoms with Crippen molar-refractivity contribution in [3.63, 3.8) is 0 Å². The van der Waals surface area contributed by atoms with Crippen molar-refractivity contribution in [2.45, 2.75) is 26.2 Å². The first-order valence-electron chi connectivity index (χ1n) is 4.03. The van der Waals surface area contributed by atoms with Crippen molar-refractivity contribution in [1.82, 2.24) is 10.2 Å². The van der Waals surface area contributed by atoms with Crippen molar-refractivity contribution in [2.75, 3.05) is 7.11 Å². The third kappa shape index (κ3) is 2.31. The second kappa shape index (κ2) is 3.50. The van der Waals surface area contributed by atoms with E-state index in [9.17, 15) is 0 Å². The van der Waals surface area contributed by atoms with Crippen LogP contribution in [0.3, 0.4) is 0 Å². The van der Waals surface area contributed by atoms with E-state index in [-0.39, 0.29) is 5.41 Å². The van der Waals surface area contributed by atoms with Crippen molar-refractivity contribution in [3.05, 3.63) is 16.8 Å². The van der Waals surface area contributed by atoms with Gasteiger partial charge in [0.15, 0.2) is 0 Å². The highest BCUT2D eigenvalue weighted by Gasteiger charge is 2.17. The van der Waals surface area contributed by atoms with Gasteiger partial charge < -0.3 is 4.74 Å². The molecule has 0 bridgehead atoms. The summed E-state index contributed by atoms with van der Waals surface area (Å²) in [4.78, 5) is 0. The van der Waals surface area contributed by atoms with E-state index in [1.165, 1.54) is 7.11 Å². The fourth-order valence-electron chi connectivity index (χ4n) is 0.863. The highest BCUT2D eigenvalue weighted by atomic mass is 35.5. The molecule has 0 amide bonds. The average Bonchev–Trinajstić information content (AvgIpc) is 2.02. The number of methoxy groups -OCH3 is 1. The molecule has 4 heteroatoms. The molecule has 72 valence electrons. The first-order valence-corrected chi connectivity index (χ1v) is 4.40. The summed E-state index contributed by atoms with van der Waals surface area (Å²) in [6, 6.07) is 1.79. The summed E-state index contributed by atoms with van der Waals surface area (Å²) < 4.78 is 4.91. The monoisotopic (exact) mass is 200 g/mol. The molecule has 1 heterocycles. The molecular weight excluding hydrogens is 188 g/mol. The van der Waals surface area contributed by atoms with E-state index in [2.05, 4.69) is 31.0 Å². The van der Waals surface area contributed by atoms with Gasteiger partial charge in [0, 0.05) is 5.41 Å². The Bertz CT molecular complexity index is 307. The standard InChI is InChI=1S/C9H13ClN2O/c1-9(2,3)7-5-6(10)8(13-4)12-11-7/h5H,1-4H3. The molecule has 3 nitrogen and oxygen atoms in total. The van der Waals surface area contributed by atoms with Gasteiger partial charge in [0.05, 0.1) is 12.8 Å². The minimum absolute atomic E-state index is 0.0388. The zero-order chi connectivity index (χ0) is 10.1. The molecule has 0 saturated carbocycles. The molecule has 1 aromatic heterocycles. The van der Waals surface area contributed by atoms with Crippen LogP contribution in [0.25, 0.3) is 0 Å². The Morgan fingerprint density at radius 3 is 2.31 bits per heavy atom. The van der Waals surface area contributed by atoms with Crippen LogP contribution in [-0.2, 0) is 5.41 Å². The number of ether oxygens (including phenoxy) is 1. The van der Waals surface area contributed by atoms with Crippen LogP contribution in [0.15, 0.2) is 6.07 Å². The van der Waals surface area contributed by atoms with Gasteiger partial charge in [0.2, 0.25) is 0 Å². The zero-order valence-corrected chi connectivity index (χ0v) is 9.01. The van der Waals surface area contributed by atoms with Gasteiger partial charge in [0.1, 0.15) is 5.02 Å². The predicted molar refractivity (Wildman–Crippen MR) is 52.3 cm³/mol. The maximum Gasteiger partial charge on any atom is 0.252 e. The summed E-state index contributed by atoms with van der Waals surface area (Å²) in [6.07, 6.45) is 0. The summed E-state index contributed by atoms with van der Waals surface area (Å²) >= 11 is 5.91. The molecular formula is C9H13ClN2O. The fraction of sp³-hybridized carbons (Fsp3) is 0.556. The van der Waals surface area contributed by atoms with Crippen molar-refractivity contribution in [1.29, 1.82) is 0 Å². The first kappa shape index (κ1) is 10.3. The van der Waals surface area contributed by atoms with Crippen LogP contribution in [0.1, 0.15) is 26.5 Å². The second-order valence-corrected chi connectivity index (χ2v) is 4.24. The summed E-state index contributed by atoms with van der Waals surface area (Å²) in [5.74, 6) is 0.370. The quantitative estimate of drug-likeness (QED) is 0.699. The van der Waals surface area contributed by atoms with Crippen LogP contribution in [-0.4, -0.2) is 17.3 Å². The third-order valence-electron chi connectivity index (χ3n) is 1.68. The number of nitrogens with zero attached hydrogens (tertiary/aromatic N) is 2. The highest BCUT2D eigenvalue weighted by molar-refractivity contribution is 6.31. The molecule has 0 aromatic carbocycles. The Kier molecular flexibility index (Phi) is 2.76. The van der Waals surface area contributed by atoms with E-state index >= 15 is 0 Å². The van der Waals surface area contributed by atoms with Gasteiger partial charge in [-0.2, -0.15) is 5.10 Å². The number of halogens is 1. The normalized spacial score (nSPS) is 11.5. The van der Waals surface area contributed by atoms with Crippen molar-refractivity contribution >= 4 is 11.6 Å². The van der Waals surface area contributed by atoms with Gasteiger partial charge in [-0.1, -0.05) is 32.4 Å². The molecule has 0 fully saturated rings. The summed E-state index contributed by atoms with van der Waals surface area (Å²) in [6.45, 7) is 6.17. The molecule has 13 heavy (non-hydrogen) atoms. The lowest BCUT2D eigenvalue weighted by atomic mass is 9.92. The van der Waals surface area contributed by atoms with Gasteiger partial charge in [-0.3, -0.25) is 0 Å². The minimum Gasteiger partial charge on any atom is -0.479 e. The smallest absolute Gasteiger partial charge is 0.252 e. The topological polar surface area (TPSA) is 35.0 Å². The van der Waals surface area contributed by atoms with Crippen LogP contribution in [0.4, 0.5) is 0 Å². The zero-order valence-electron chi connectivity index (χ0n) is 8.26. The molecule has 0 aliphatic heterocycles. The summed E-state index contributed by atoms with van der Waals surface area (Å²) in [5, 5.41) is 8.38. The SMILES string of the molecule is COc1nnc(C(C)(C)C)cc1Cl.